The molecule has 0 saturated carbocycles. The predicted octanol–water partition coefficient (Wildman–Crippen LogP) is 3.77. The summed E-state index contributed by atoms with van der Waals surface area (Å²) in [5.74, 6) is 6.81. The molecule has 22 heavy (non-hydrogen) atoms. The van der Waals surface area contributed by atoms with Crippen LogP contribution in [0, 0.1) is 18.8 Å². The van der Waals surface area contributed by atoms with E-state index in [1.807, 2.05) is 55.5 Å². The molecule has 1 amide bonds. The van der Waals surface area contributed by atoms with E-state index in [0.29, 0.717) is 12.8 Å². The predicted molar refractivity (Wildman–Crippen MR) is 88.9 cm³/mol. The minimum atomic E-state index is -0.0385. The minimum absolute atomic E-state index is 0.0385. The molecule has 0 radical (unpaired) electrons. The Bertz CT molecular complexity index is 676. The van der Waals surface area contributed by atoms with Crippen LogP contribution in [0.4, 0.5) is 5.69 Å². The standard InChI is InChI=1S/C19H19NO2/c1-15-7-9-16(10-8-15)5-3-4-6-19(21)20-17-11-13-18(22-2)14-12-17/h7-14H,4,6H2,1-2H3,(H,20,21). The van der Waals surface area contributed by atoms with Crippen LogP contribution in [0.2, 0.25) is 0 Å². The highest BCUT2D eigenvalue weighted by Crippen LogP contribution is 2.15. The second-order valence-corrected chi connectivity index (χ2v) is 4.94. The molecule has 0 atom stereocenters. The van der Waals surface area contributed by atoms with Crippen molar-refractivity contribution in [3.8, 4) is 17.6 Å². The Balaban J connectivity index is 1.79. The molecule has 2 rings (SSSR count). The first-order valence-corrected chi connectivity index (χ1v) is 7.17. The summed E-state index contributed by atoms with van der Waals surface area (Å²) in [5.41, 5.74) is 2.95. The molecule has 112 valence electrons. The maximum atomic E-state index is 11.8. The first kappa shape index (κ1) is 15.7. The van der Waals surface area contributed by atoms with Crippen LogP contribution in [0.25, 0.3) is 0 Å². The lowest BCUT2D eigenvalue weighted by Crippen LogP contribution is -2.10. The molecular weight excluding hydrogens is 274 g/mol. The molecule has 0 unspecified atom stereocenters. The maximum absolute atomic E-state index is 11.8. The van der Waals surface area contributed by atoms with Crippen LogP contribution in [0.5, 0.6) is 5.75 Å². The number of nitrogens with one attached hydrogen (secondary N) is 1. The van der Waals surface area contributed by atoms with E-state index in [4.69, 9.17) is 4.74 Å². The molecule has 0 aliphatic carbocycles. The average molecular weight is 293 g/mol. The number of methoxy groups -OCH3 is 1. The van der Waals surface area contributed by atoms with Crippen LogP contribution < -0.4 is 10.1 Å². The number of amides is 1. The van der Waals surface area contributed by atoms with E-state index in [1.165, 1.54) is 5.56 Å². The van der Waals surface area contributed by atoms with Gasteiger partial charge in [-0.05, 0) is 43.3 Å². The molecule has 0 aromatic heterocycles. The van der Waals surface area contributed by atoms with Crippen LogP contribution in [-0.2, 0) is 4.79 Å². The third kappa shape index (κ3) is 4.99. The maximum Gasteiger partial charge on any atom is 0.225 e. The van der Waals surface area contributed by atoms with Crippen molar-refractivity contribution in [3.05, 3.63) is 59.7 Å². The molecule has 0 spiro atoms. The van der Waals surface area contributed by atoms with Crippen molar-refractivity contribution in [1.29, 1.82) is 0 Å². The Hall–Kier alpha value is -2.73. The molecule has 0 fully saturated rings. The molecule has 1 N–H and O–H groups in total. The quantitative estimate of drug-likeness (QED) is 0.871. The van der Waals surface area contributed by atoms with Gasteiger partial charge in [0.25, 0.3) is 0 Å². The number of carbonyl (C=O) groups is 1. The zero-order valence-corrected chi connectivity index (χ0v) is 12.8. The van der Waals surface area contributed by atoms with Gasteiger partial charge < -0.3 is 10.1 Å². The number of anilines is 1. The van der Waals surface area contributed by atoms with Crippen molar-refractivity contribution in [2.45, 2.75) is 19.8 Å². The van der Waals surface area contributed by atoms with Gasteiger partial charge in [0.2, 0.25) is 5.91 Å². The van der Waals surface area contributed by atoms with E-state index in [9.17, 15) is 4.79 Å². The van der Waals surface area contributed by atoms with Crippen molar-refractivity contribution >= 4 is 11.6 Å². The van der Waals surface area contributed by atoms with E-state index in [2.05, 4.69) is 17.2 Å². The smallest absolute Gasteiger partial charge is 0.225 e. The van der Waals surface area contributed by atoms with E-state index in [-0.39, 0.29) is 5.91 Å². The Morgan fingerprint density at radius 2 is 1.77 bits per heavy atom. The number of benzene rings is 2. The molecule has 0 heterocycles. The number of rotatable bonds is 4. The third-order valence-corrected chi connectivity index (χ3v) is 3.14. The molecule has 3 nitrogen and oxygen atoms in total. The summed E-state index contributed by atoms with van der Waals surface area (Å²) in [4.78, 5) is 11.8. The van der Waals surface area contributed by atoms with Crippen molar-refractivity contribution in [1.82, 2.24) is 0 Å². The lowest BCUT2D eigenvalue weighted by atomic mass is 10.1. The average Bonchev–Trinajstić information content (AvgIpc) is 2.54. The summed E-state index contributed by atoms with van der Waals surface area (Å²) in [5, 5.41) is 2.84. The van der Waals surface area contributed by atoms with Crippen molar-refractivity contribution in [2.75, 3.05) is 12.4 Å². The van der Waals surface area contributed by atoms with Crippen LogP contribution in [0.1, 0.15) is 24.0 Å². The summed E-state index contributed by atoms with van der Waals surface area (Å²) >= 11 is 0. The zero-order valence-electron chi connectivity index (χ0n) is 12.8. The Labute approximate surface area is 131 Å². The summed E-state index contributed by atoms with van der Waals surface area (Å²) in [6.45, 7) is 2.04. The lowest BCUT2D eigenvalue weighted by Gasteiger charge is -2.05. The van der Waals surface area contributed by atoms with Gasteiger partial charge in [0.1, 0.15) is 5.75 Å². The van der Waals surface area contributed by atoms with Gasteiger partial charge in [-0.3, -0.25) is 4.79 Å². The number of hydrogen-bond acceptors (Lipinski definition) is 2. The first-order chi connectivity index (χ1) is 10.7. The van der Waals surface area contributed by atoms with Gasteiger partial charge in [0.05, 0.1) is 7.11 Å². The van der Waals surface area contributed by atoms with Crippen LogP contribution in [0.15, 0.2) is 48.5 Å². The summed E-state index contributed by atoms with van der Waals surface area (Å²) in [6, 6.07) is 15.3. The van der Waals surface area contributed by atoms with Crippen LogP contribution in [0.3, 0.4) is 0 Å². The molecule has 0 aliphatic rings. The molecule has 0 bridgehead atoms. The van der Waals surface area contributed by atoms with Gasteiger partial charge in [-0.25, -0.2) is 0 Å². The SMILES string of the molecule is COc1ccc(NC(=O)CCC#Cc2ccc(C)cc2)cc1. The highest BCUT2D eigenvalue weighted by molar-refractivity contribution is 5.90. The Kier molecular flexibility index (Phi) is 5.62. The van der Waals surface area contributed by atoms with Crippen LogP contribution in [-0.4, -0.2) is 13.0 Å². The van der Waals surface area contributed by atoms with E-state index >= 15 is 0 Å². The Morgan fingerprint density at radius 1 is 1.09 bits per heavy atom. The number of ether oxygens (including phenoxy) is 1. The molecule has 2 aromatic rings. The van der Waals surface area contributed by atoms with Gasteiger partial charge in [0.15, 0.2) is 0 Å². The second-order valence-electron chi connectivity index (χ2n) is 4.94. The van der Waals surface area contributed by atoms with E-state index in [0.717, 1.165) is 17.0 Å². The first-order valence-electron chi connectivity index (χ1n) is 7.17. The van der Waals surface area contributed by atoms with Gasteiger partial charge in [0, 0.05) is 24.1 Å². The van der Waals surface area contributed by atoms with Gasteiger partial charge in [-0.2, -0.15) is 0 Å². The van der Waals surface area contributed by atoms with Crippen LogP contribution >= 0.6 is 0 Å². The number of hydrogen-bond donors (Lipinski definition) is 1. The molecule has 0 saturated heterocycles. The molecule has 0 aliphatic heterocycles. The third-order valence-electron chi connectivity index (χ3n) is 3.14. The van der Waals surface area contributed by atoms with Gasteiger partial charge in [-0.15, -0.1) is 0 Å². The van der Waals surface area contributed by atoms with Gasteiger partial charge >= 0.3 is 0 Å². The minimum Gasteiger partial charge on any atom is -0.497 e. The number of aryl methyl sites for hydroxylation is 1. The lowest BCUT2D eigenvalue weighted by molar-refractivity contribution is -0.116. The van der Waals surface area contributed by atoms with E-state index < -0.39 is 0 Å². The number of carbonyl (C=O) groups excluding carboxylic acids is 1. The topological polar surface area (TPSA) is 38.3 Å². The summed E-state index contributed by atoms with van der Waals surface area (Å²) in [7, 11) is 1.61. The van der Waals surface area contributed by atoms with E-state index in [1.54, 1.807) is 7.11 Å². The fraction of sp³-hybridized carbons (Fsp3) is 0.211. The van der Waals surface area contributed by atoms with Gasteiger partial charge in [-0.1, -0.05) is 29.5 Å². The fourth-order valence-corrected chi connectivity index (χ4v) is 1.88. The summed E-state index contributed by atoms with van der Waals surface area (Å²) < 4.78 is 5.07. The summed E-state index contributed by atoms with van der Waals surface area (Å²) in [6.07, 6.45) is 0.917. The highest BCUT2D eigenvalue weighted by Gasteiger charge is 2.01. The largest absolute Gasteiger partial charge is 0.497 e. The highest BCUT2D eigenvalue weighted by atomic mass is 16.5. The normalized spacial score (nSPS) is 9.55. The molecular formula is C19H19NO2. The van der Waals surface area contributed by atoms with Crippen molar-refractivity contribution < 1.29 is 9.53 Å². The second kappa shape index (κ2) is 7.90. The fourth-order valence-electron chi connectivity index (χ4n) is 1.88. The van der Waals surface area contributed by atoms with Crippen molar-refractivity contribution in [2.24, 2.45) is 0 Å². The monoisotopic (exact) mass is 293 g/mol. The Morgan fingerprint density at radius 3 is 2.41 bits per heavy atom. The molecule has 3 heteroatoms. The zero-order chi connectivity index (χ0) is 15.8. The molecule has 2 aromatic carbocycles. The van der Waals surface area contributed by atoms with Crippen molar-refractivity contribution in [3.63, 3.8) is 0 Å².